The maximum absolute atomic E-state index is 12.0. The SMILES string of the molecule is COC(=O)c1cnn(-c2ccccc2)c1/C=N/OC(=O)c1ccc(Cl)cc1. The van der Waals surface area contributed by atoms with Crippen LogP contribution in [-0.2, 0) is 9.57 Å². The highest BCUT2D eigenvalue weighted by Crippen LogP contribution is 2.15. The average Bonchev–Trinajstić information content (AvgIpc) is 3.12. The van der Waals surface area contributed by atoms with Gasteiger partial charge in [0.05, 0.1) is 30.8 Å². The molecule has 2 aromatic carbocycles. The summed E-state index contributed by atoms with van der Waals surface area (Å²) in [7, 11) is 1.27. The molecule has 0 N–H and O–H groups in total. The Labute approximate surface area is 159 Å². The molecule has 0 amide bonds. The third kappa shape index (κ3) is 4.21. The predicted octanol–water partition coefficient (Wildman–Crippen LogP) is 3.50. The molecule has 7 nitrogen and oxygen atoms in total. The lowest BCUT2D eigenvalue weighted by atomic mass is 10.2. The first-order valence-electron chi connectivity index (χ1n) is 7.82. The van der Waals surface area contributed by atoms with Gasteiger partial charge in [-0.2, -0.15) is 5.10 Å². The first kappa shape index (κ1) is 18.3. The summed E-state index contributed by atoms with van der Waals surface area (Å²) in [5.74, 6) is -1.24. The van der Waals surface area contributed by atoms with Crippen molar-refractivity contribution in [1.29, 1.82) is 0 Å². The normalized spacial score (nSPS) is 10.7. The maximum atomic E-state index is 12.0. The molecular weight excluding hydrogens is 370 g/mol. The highest BCUT2D eigenvalue weighted by molar-refractivity contribution is 6.30. The van der Waals surface area contributed by atoms with E-state index in [2.05, 4.69) is 10.3 Å². The topological polar surface area (TPSA) is 82.8 Å². The van der Waals surface area contributed by atoms with Gasteiger partial charge in [0.1, 0.15) is 11.3 Å². The molecule has 0 atom stereocenters. The average molecular weight is 384 g/mol. The molecule has 0 aliphatic heterocycles. The lowest BCUT2D eigenvalue weighted by molar-refractivity contribution is 0.0519. The molecule has 3 rings (SSSR count). The Kier molecular flexibility index (Phi) is 5.63. The fraction of sp³-hybridized carbons (Fsp3) is 0.0526. The fourth-order valence-electron chi connectivity index (χ4n) is 2.29. The van der Waals surface area contributed by atoms with Gasteiger partial charge in [0.15, 0.2) is 0 Å². The first-order chi connectivity index (χ1) is 13.1. The highest BCUT2D eigenvalue weighted by Gasteiger charge is 2.18. The van der Waals surface area contributed by atoms with Crippen molar-refractivity contribution in [2.75, 3.05) is 7.11 Å². The number of para-hydroxylation sites is 1. The third-order valence-electron chi connectivity index (χ3n) is 3.60. The third-order valence-corrected chi connectivity index (χ3v) is 3.86. The zero-order valence-corrected chi connectivity index (χ0v) is 15.0. The standard InChI is InChI=1S/C19H14ClN3O4/c1-26-19(25)16-11-21-23(15-5-3-2-4-6-15)17(16)12-22-27-18(24)13-7-9-14(20)10-8-13/h2-12H,1H3/b22-12+. The number of oxime groups is 1. The largest absolute Gasteiger partial charge is 0.465 e. The molecule has 0 spiro atoms. The smallest absolute Gasteiger partial charge is 0.365 e. The van der Waals surface area contributed by atoms with Crippen molar-refractivity contribution in [3.8, 4) is 5.69 Å². The predicted molar refractivity (Wildman–Crippen MR) is 99.4 cm³/mol. The van der Waals surface area contributed by atoms with Crippen molar-refractivity contribution >= 4 is 29.8 Å². The minimum atomic E-state index is -0.659. The molecule has 0 aliphatic carbocycles. The Balaban J connectivity index is 1.87. The monoisotopic (exact) mass is 383 g/mol. The van der Waals surface area contributed by atoms with Crippen molar-refractivity contribution in [3.05, 3.63) is 82.6 Å². The molecule has 0 saturated carbocycles. The number of carbonyl (C=O) groups excluding carboxylic acids is 2. The number of ether oxygens (including phenoxy) is 1. The van der Waals surface area contributed by atoms with Gasteiger partial charge in [0.2, 0.25) is 0 Å². The number of nitrogens with zero attached hydrogens (tertiary/aromatic N) is 3. The molecule has 0 aliphatic rings. The molecule has 1 heterocycles. The van der Waals surface area contributed by atoms with Crippen molar-refractivity contribution < 1.29 is 19.2 Å². The summed E-state index contributed by atoms with van der Waals surface area (Å²) >= 11 is 5.79. The van der Waals surface area contributed by atoms with Gasteiger partial charge < -0.3 is 9.57 Å². The van der Waals surface area contributed by atoms with Crippen LogP contribution < -0.4 is 0 Å². The molecule has 8 heteroatoms. The van der Waals surface area contributed by atoms with Gasteiger partial charge in [-0.15, -0.1) is 0 Å². The van der Waals surface area contributed by atoms with Gasteiger partial charge in [-0.1, -0.05) is 35.0 Å². The quantitative estimate of drug-likeness (QED) is 0.291. The van der Waals surface area contributed by atoms with Crippen LogP contribution in [0.2, 0.25) is 5.02 Å². The van der Waals surface area contributed by atoms with Crippen LogP contribution >= 0.6 is 11.6 Å². The van der Waals surface area contributed by atoms with E-state index in [-0.39, 0.29) is 5.56 Å². The van der Waals surface area contributed by atoms with Gasteiger partial charge in [-0.3, -0.25) is 0 Å². The van der Waals surface area contributed by atoms with Crippen LogP contribution in [0.1, 0.15) is 26.4 Å². The van der Waals surface area contributed by atoms with Crippen molar-refractivity contribution in [3.63, 3.8) is 0 Å². The minimum Gasteiger partial charge on any atom is -0.465 e. The van der Waals surface area contributed by atoms with Crippen molar-refractivity contribution in [2.45, 2.75) is 0 Å². The molecule has 0 unspecified atom stereocenters. The van der Waals surface area contributed by atoms with Gasteiger partial charge in [0, 0.05) is 5.02 Å². The van der Waals surface area contributed by atoms with Gasteiger partial charge in [-0.05, 0) is 36.4 Å². The Bertz CT molecular complexity index is 982. The van der Waals surface area contributed by atoms with E-state index in [0.717, 1.165) is 0 Å². The second kappa shape index (κ2) is 8.29. The zero-order valence-electron chi connectivity index (χ0n) is 14.2. The summed E-state index contributed by atoms with van der Waals surface area (Å²) in [6, 6.07) is 15.3. The number of halogens is 1. The fourth-order valence-corrected chi connectivity index (χ4v) is 2.41. The number of hydrogen-bond acceptors (Lipinski definition) is 6. The van der Waals surface area contributed by atoms with Crippen LogP contribution in [0.3, 0.4) is 0 Å². The second-order valence-corrected chi connectivity index (χ2v) is 5.74. The Morgan fingerprint density at radius 3 is 2.44 bits per heavy atom. The number of esters is 1. The van der Waals surface area contributed by atoms with E-state index < -0.39 is 11.9 Å². The Morgan fingerprint density at radius 2 is 1.78 bits per heavy atom. The first-order valence-corrected chi connectivity index (χ1v) is 8.20. The van der Waals surface area contributed by atoms with E-state index in [1.54, 1.807) is 12.1 Å². The van der Waals surface area contributed by atoms with E-state index in [1.807, 2.05) is 30.3 Å². The molecule has 136 valence electrons. The summed E-state index contributed by atoms with van der Waals surface area (Å²) < 4.78 is 6.25. The highest BCUT2D eigenvalue weighted by atomic mass is 35.5. The number of methoxy groups -OCH3 is 1. The summed E-state index contributed by atoms with van der Waals surface area (Å²) in [5.41, 5.74) is 1.50. The van der Waals surface area contributed by atoms with E-state index in [4.69, 9.17) is 21.2 Å². The maximum Gasteiger partial charge on any atom is 0.365 e. The summed E-state index contributed by atoms with van der Waals surface area (Å²) in [4.78, 5) is 28.9. The van der Waals surface area contributed by atoms with Crippen molar-refractivity contribution in [2.24, 2.45) is 5.16 Å². The molecule has 3 aromatic rings. The second-order valence-electron chi connectivity index (χ2n) is 5.30. The minimum absolute atomic E-state index is 0.188. The lowest BCUT2D eigenvalue weighted by Crippen LogP contribution is -2.08. The number of aromatic nitrogens is 2. The molecular formula is C19H14ClN3O4. The Hall–Kier alpha value is -3.45. The molecule has 0 radical (unpaired) electrons. The molecule has 0 saturated heterocycles. The summed E-state index contributed by atoms with van der Waals surface area (Å²) in [6.07, 6.45) is 2.60. The van der Waals surface area contributed by atoms with Crippen LogP contribution in [0.15, 0.2) is 65.9 Å². The number of rotatable bonds is 5. The van der Waals surface area contributed by atoms with Crippen LogP contribution in [0.5, 0.6) is 0 Å². The lowest BCUT2D eigenvalue weighted by Gasteiger charge is -2.05. The van der Waals surface area contributed by atoms with Gasteiger partial charge >= 0.3 is 11.9 Å². The van der Waals surface area contributed by atoms with E-state index in [0.29, 0.717) is 22.0 Å². The Morgan fingerprint density at radius 1 is 1.07 bits per heavy atom. The molecule has 0 fully saturated rings. The van der Waals surface area contributed by atoms with Gasteiger partial charge in [0.25, 0.3) is 0 Å². The van der Waals surface area contributed by atoms with Crippen LogP contribution in [0.4, 0.5) is 0 Å². The summed E-state index contributed by atoms with van der Waals surface area (Å²) in [6.45, 7) is 0. The molecule has 27 heavy (non-hydrogen) atoms. The van der Waals surface area contributed by atoms with E-state index >= 15 is 0 Å². The van der Waals surface area contributed by atoms with Gasteiger partial charge in [-0.25, -0.2) is 14.3 Å². The summed E-state index contributed by atoms with van der Waals surface area (Å²) in [5, 5.41) is 8.39. The molecule has 0 bridgehead atoms. The number of carbonyl (C=O) groups is 2. The number of benzene rings is 2. The van der Waals surface area contributed by atoms with Crippen LogP contribution in [-0.4, -0.2) is 35.0 Å². The number of hydrogen-bond donors (Lipinski definition) is 0. The van der Waals surface area contributed by atoms with E-state index in [9.17, 15) is 9.59 Å². The van der Waals surface area contributed by atoms with Crippen LogP contribution in [0, 0.1) is 0 Å². The zero-order chi connectivity index (χ0) is 19.2. The van der Waals surface area contributed by atoms with Crippen LogP contribution in [0.25, 0.3) is 5.69 Å². The van der Waals surface area contributed by atoms with E-state index in [1.165, 1.54) is 36.3 Å². The van der Waals surface area contributed by atoms with Crippen molar-refractivity contribution in [1.82, 2.24) is 9.78 Å². The molecule has 1 aromatic heterocycles.